The van der Waals surface area contributed by atoms with Gasteiger partial charge in [-0.15, -0.1) is 11.3 Å². The van der Waals surface area contributed by atoms with Crippen molar-refractivity contribution in [1.29, 1.82) is 0 Å². The highest BCUT2D eigenvalue weighted by molar-refractivity contribution is 8.26. The number of nitrogens with zero attached hydrogens (tertiary/aromatic N) is 3. The van der Waals surface area contributed by atoms with Crippen molar-refractivity contribution >= 4 is 57.5 Å². The Bertz CT molecular complexity index is 679. The lowest BCUT2D eigenvalue weighted by Crippen LogP contribution is -2.47. The summed E-state index contributed by atoms with van der Waals surface area (Å²) in [4.78, 5) is 32.3. The molecule has 3 heterocycles. The van der Waals surface area contributed by atoms with E-state index in [0.29, 0.717) is 28.6 Å². The Morgan fingerprint density at radius 3 is 2.76 bits per heavy atom. The van der Waals surface area contributed by atoms with E-state index in [-0.39, 0.29) is 11.8 Å². The zero-order valence-electron chi connectivity index (χ0n) is 14.1. The molecule has 2 saturated heterocycles. The number of amides is 2. The highest BCUT2D eigenvalue weighted by Crippen LogP contribution is 2.33. The van der Waals surface area contributed by atoms with E-state index in [2.05, 4.69) is 11.9 Å². The first-order valence-electron chi connectivity index (χ1n) is 8.30. The predicted octanol–water partition coefficient (Wildman–Crippen LogP) is 2.50. The standard InChI is InChI=1S/C17H21N3O2S3/c1-18-7-9-19(10-8-18)15(21)5-2-6-20-16(22)14(25-17(20)23)12-13-4-3-11-24-13/h3-4,11-12H,2,5-10H2,1H3/b14-12+. The second-order valence-corrected chi connectivity index (χ2v) is 8.79. The molecule has 0 atom stereocenters. The third-order valence-electron chi connectivity index (χ3n) is 4.32. The van der Waals surface area contributed by atoms with Crippen LogP contribution in [0.4, 0.5) is 0 Å². The van der Waals surface area contributed by atoms with Crippen LogP contribution in [0.5, 0.6) is 0 Å². The van der Waals surface area contributed by atoms with Crippen LogP contribution in [0.1, 0.15) is 17.7 Å². The molecule has 25 heavy (non-hydrogen) atoms. The summed E-state index contributed by atoms with van der Waals surface area (Å²) in [5.41, 5.74) is 0. The fraction of sp³-hybridized carbons (Fsp3) is 0.471. The molecule has 1 aromatic rings. The van der Waals surface area contributed by atoms with Crippen molar-refractivity contribution in [1.82, 2.24) is 14.7 Å². The first-order valence-corrected chi connectivity index (χ1v) is 10.4. The van der Waals surface area contributed by atoms with E-state index in [1.807, 2.05) is 28.5 Å². The Balaban J connectivity index is 1.49. The average molecular weight is 396 g/mol. The lowest BCUT2D eigenvalue weighted by atomic mass is 10.2. The van der Waals surface area contributed by atoms with Gasteiger partial charge in [-0.25, -0.2) is 0 Å². The second kappa shape index (κ2) is 8.44. The maximum Gasteiger partial charge on any atom is 0.266 e. The molecule has 5 nitrogen and oxygen atoms in total. The summed E-state index contributed by atoms with van der Waals surface area (Å²) in [6.07, 6.45) is 2.99. The number of hydrogen-bond donors (Lipinski definition) is 0. The highest BCUT2D eigenvalue weighted by atomic mass is 32.2. The monoisotopic (exact) mass is 395 g/mol. The number of thiocarbonyl (C=S) groups is 1. The van der Waals surface area contributed by atoms with E-state index in [1.54, 1.807) is 16.2 Å². The largest absolute Gasteiger partial charge is 0.340 e. The molecule has 134 valence electrons. The molecule has 2 aliphatic heterocycles. The minimum atomic E-state index is -0.0459. The van der Waals surface area contributed by atoms with Crippen LogP contribution < -0.4 is 0 Å². The van der Waals surface area contributed by atoms with Gasteiger partial charge in [0.25, 0.3) is 5.91 Å². The fourth-order valence-electron chi connectivity index (χ4n) is 2.80. The van der Waals surface area contributed by atoms with Crippen LogP contribution in [-0.2, 0) is 9.59 Å². The first-order chi connectivity index (χ1) is 12.0. The Morgan fingerprint density at radius 1 is 1.32 bits per heavy atom. The topological polar surface area (TPSA) is 43.9 Å². The van der Waals surface area contributed by atoms with Crippen molar-refractivity contribution in [2.24, 2.45) is 0 Å². The Kier molecular flexibility index (Phi) is 6.27. The molecule has 8 heteroatoms. The van der Waals surface area contributed by atoms with Gasteiger partial charge in [0.2, 0.25) is 5.91 Å². The van der Waals surface area contributed by atoms with E-state index >= 15 is 0 Å². The maximum absolute atomic E-state index is 12.5. The summed E-state index contributed by atoms with van der Waals surface area (Å²) in [5.74, 6) is 0.128. The summed E-state index contributed by atoms with van der Waals surface area (Å²) in [6, 6.07) is 3.94. The van der Waals surface area contributed by atoms with Gasteiger partial charge in [0.1, 0.15) is 4.32 Å². The number of likely N-dealkylation sites (N-methyl/N-ethyl adjacent to an activating group) is 1. The lowest BCUT2D eigenvalue weighted by molar-refractivity contribution is -0.133. The van der Waals surface area contributed by atoms with Gasteiger partial charge in [-0.2, -0.15) is 0 Å². The third-order valence-corrected chi connectivity index (χ3v) is 6.52. The van der Waals surface area contributed by atoms with Crippen molar-refractivity contribution < 1.29 is 9.59 Å². The summed E-state index contributed by atoms with van der Waals surface area (Å²) < 4.78 is 0.583. The number of carbonyl (C=O) groups excluding carboxylic acids is 2. The Morgan fingerprint density at radius 2 is 2.08 bits per heavy atom. The van der Waals surface area contributed by atoms with Crippen LogP contribution >= 0.6 is 35.3 Å². The van der Waals surface area contributed by atoms with Gasteiger partial charge in [-0.1, -0.05) is 30.0 Å². The number of hydrogen-bond acceptors (Lipinski definition) is 6. The number of piperazine rings is 1. The number of carbonyl (C=O) groups is 2. The number of thioether (sulfide) groups is 1. The molecule has 0 N–H and O–H groups in total. The molecule has 2 aliphatic rings. The molecule has 0 aliphatic carbocycles. The van der Waals surface area contributed by atoms with Crippen molar-refractivity contribution in [3.63, 3.8) is 0 Å². The average Bonchev–Trinajstić information content (AvgIpc) is 3.19. The smallest absolute Gasteiger partial charge is 0.266 e. The minimum absolute atomic E-state index is 0.0459. The van der Waals surface area contributed by atoms with Gasteiger partial charge >= 0.3 is 0 Å². The fourth-order valence-corrected chi connectivity index (χ4v) is 4.83. The molecule has 0 radical (unpaired) electrons. The van der Waals surface area contributed by atoms with E-state index in [9.17, 15) is 9.59 Å². The Hall–Kier alpha value is -1.22. The summed E-state index contributed by atoms with van der Waals surface area (Å²) in [5, 5.41) is 1.98. The van der Waals surface area contributed by atoms with Crippen molar-refractivity contribution in [3.05, 3.63) is 27.3 Å². The summed E-state index contributed by atoms with van der Waals surface area (Å²) in [6.45, 7) is 3.94. The van der Waals surface area contributed by atoms with E-state index in [4.69, 9.17) is 12.2 Å². The van der Waals surface area contributed by atoms with Gasteiger partial charge < -0.3 is 9.80 Å². The zero-order chi connectivity index (χ0) is 17.8. The number of thiophene rings is 1. The lowest BCUT2D eigenvalue weighted by Gasteiger charge is -2.32. The van der Waals surface area contributed by atoms with Crippen LogP contribution in [0, 0.1) is 0 Å². The molecule has 1 aromatic heterocycles. The van der Waals surface area contributed by atoms with Gasteiger partial charge in [0, 0.05) is 44.0 Å². The van der Waals surface area contributed by atoms with Crippen LogP contribution in [0.15, 0.2) is 22.4 Å². The molecule has 0 unspecified atom stereocenters. The SMILES string of the molecule is CN1CCN(C(=O)CCCN2C(=O)/C(=C\c3cccs3)SC2=S)CC1. The van der Waals surface area contributed by atoms with Crippen molar-refractivity contribution in [2.45, 2.75) is 12.8 Å². The van der Waals surface area contributed by atoms with E-state index < -0.39 is 0 Å². The van der Waals surface area contributed by atoms with Gasteiger partial charge in [-0.3, -0.25) is 14.5 Å². The van der Waals surface area contributed by atoms with Gasteiger partial charge in [-0.05, 0) is 31.0 Å². The molecule has 0 bridgehead atoms. The molecule has 0 saturated carbocycles. The van der Waals surface area contributed by atoms with Gasteiger partial charge in [0.05, 0.1) is 4.91 Å². The molecular formula is C17H21N3O2S3. The van der Waals surface area contributed by atoms with E-state index in [0.717, 1.165) is 31.1 Å². The molecular weight excluding hydrogens is 374 g/mol. The minimum Gasteiger partial charge on any atom is -0.340 e. The van der Waals surface area contributed by atoms with Crippen molar-refractivity contribution in [3.8, 4) is 0 Å². The summed E-state index contributed by atoms with van der Waals surface area (Å²) in [7, 11) is 2.07. The van der Waals surface area contributed by atoms with Crippen LogP contribution in [0.3, 0.4) is 0 Å². The highest BCUT2D eigenvalue weighted by Gasteiger charge is 2.31. The molecule has 2 amide bonds. The summed E-state index contributed by atoms with van der Waals surface area (Å²) >= 11 is 8.27. The first kappa shape index (κ1) is 18.6. The zero-order valence-corrected chi connectivity index (χ0v) is 16.6. The predicted molar refractivity (Wildman–Crippen MR) is 108 cm³/mol. The van der Waals surface area contributed by atoms with Gasteiger partial charge in [0.15, 0.2) is 0 Å². The normalized spacial score (nSPS) is 20.8. The molecule has 0 aromatic carbocycles. The quantitative estimate of drug-likeness (QED) is 0.566. The Labute approximate surface area is 161 Å². The maximum atomic E-state index is 12.5. The van der Waals surface area contributed by atoms with Crippen LogP contribution in [0.25, 0.3) is 6.08 Å². The molecule has 2 fully saturated rings. The molecule has 3 rings (SSSR count). The van der Waals surface area contributed by atoms with E-state index in [1.165, 1.54) is 11.8 Å². The number of rotatable bonds is 5. The second-order valence-electron chi connectivity index (χ2n) is 6.14. The van der Waals surface area contributed by atoms with Crippen LogP contribution in [0.2, 0.25) is 0 Å². The molecule has 0 spiro atoms. The van der Waals surface area contributed by atoms with Crippen molar-refractivity contribution in [2.75, 3.05) is 39.8 Å². The third kappa shape index (κ3) is 4.69. The van der Waals surface area contributed by atoms with Crippen LogP contribution in [-0.4, -0.2) is 70.6 Å².